The minimum atomic E-state index is -4.86. The van der Waals surface area contributed by atoms with Crippen molar-refractivity contribution >= 4 is 12.0 Å². The van der Waals surface area contributed by atoms with E-state index in [-0.39, 0.29) is 11.6 Å². The monoisotopic (exact) mass is 466 g/mol. The number of ether oxygens (including phenoxy) is 1. The van der Waals surface area contributed by atoms with E-state index >= 15 is 0 Å². The average Bonchev–Trinajstić information content (AvgIpc) is 3.65. The van der Waals surface area contributed by atoms with Crippen molar-refractivity contribution in [1.29, 1.82) is 0 Å². The van der Waals surface area contributed by atoms with Crippen LogP contribution in [0, 0.1) is 0 Å². The van der Waals surface area contributed by atoms with Gasteiger partial charge in [-0.1, -0.05) is 0 Å². The fourth-order valence-corrected chi connectivity index (χ4v) is 3.10. The molecule has 2 aromatic rings. The molecule has 4 rings (SSSR count). The van der Waals surface area contributed by atoms with E-state index in [1.165, 1.54) is 25.0 Å². The molecule has 0 unspecified atom stereocenters. The molecular formula is C21H25F3N6O3. The third-order valence-corrected chi connectivity index (χ3v) is 5.08. The number of nitrogens with one attached hydrogen (secondary N) is 2. The van der Waals surface area contributed by atoms with Crippen molar-refractivity contribution in [1.82, 2.24) is 30.6 Å². The van der Waals surface area contributed by atoms with Crippen LogP contribution in [0.1, 0.15) is 57.6 Å². The van der Waals surface area contributed by atoms with Crippen molar-refractivity contribution in [2.45, 2.75) is 69.3 Å². The van der Waals surface area contributed by atoms with Crippen molar-refractivity contribution in [3.8, 4) is 0 Å². The Kier molecular flexibility index (Phi) is 6.57. The molecule has 2 fully saturated rings. The summed E-state index contributed by atoms with van der Waals surface area (Å²) >= 11 is 0. The second-order valence-electron chi connectivity index (χ2n) is 9.00. The topological polar surface area (TPSA) is 119 Å². The molecule has 2 heterocycles. The van der Waals surface area contributed by atoms with Gasteiger partial charge >= 0.3 is 18.2 Å². The van der Waals surface area contributed by atoms with Gasteiger partial charge in [-0.05, 0) is 46.5 Å². The number of amides is 2. The van der Waals surface area contributed by atoms with Gasteiger partial charge in [0.25, 0.3) is 0 Å². The average molecular weight is 466 g/mol. The summed E-state index contributed by atoms with van der Waals surface area (Å²) in [5.41, 5.74) is -0.274. The molecule has 0 aromatic carbocycles. The first-order valence-corrected chi connectivity index (χ1v) is 10.3. The highest BCUT2D eigenvalue weighted by atomic mass is 19.4. The molecule has 33 heavy (non-hydrogen) atoms. The van der Waals surface area contributed by atoms with Crippen LogP contribution in [0.5, 0.6) is 0 Å². The van der Waals surface area contributed by atoms with Gasteiger partial charge < -0.3 is 15.4 Å². The Morgan fingerprint density at radius 3 is 1.55 bits per heavy atom. The van der Waals surface area contributed by atoms with Gasteiger partial charge in [0, 0.05) is 35.9 Å². The molecule has 0 spiro atoms. The molecule has 2 aliphatic rings. The first kappa shape index (κ1) is 24.3. The lowest BCUT2D eigenvalue weighted by atomic mass is 10.1. The molecule has 0 aliphatic heterocycles. The minimum absolute atomic E-state index is 0.316. The zero-order valence-corrected chi connectivity index (χ0v) is 18.4. The molecule has 9 nitrogen and oxygen atoms in total. The molecule has 2 N–H and O–H groups in total. The molecule has 12 heteroatoms. The number of halogens is 3. The third-order valence-electron chi connectivity index (χ3n) is 5.08. The Bertz CT molecular complexity index is 972. The summed E-state index contributed by atoms with van der Waals surface area (Å²) in [4.78, 5) is 37.9. The summed E-state index contributed by atoms with van der Waals surface area (Å²) in [6.07, 6.45) is 6.56. The summed E-state index contributed by atoms with van der Waals surface area (Å²) in [6, 6.07) is 0. The van der Waals surface area contributed by atoms with Crippen LogP contribution in [0.15, 0.2) is 37.4 Å². The van der Waals surface area contributed by atoms with E-state index in [9.17, 15) is 22.8 Å². The largest absolute Gasteiger partial charge is 0.471 e. The van der Waals surface area contributed by atoms with Crippen LogP contribution in [0.3, 0.4) is 0 Å². The highest BCUT2D eigenvalue weighted by Crippen LogP contribution is 2.46. The highest BCUT2D eigenvalue weighted by Gasteiger charge is 2.51. The van der Waals surface area contributed by atoms with Gasteiger partial charge in [0.1, 0.15) is 18.3 Å². The molecule has 2 aliphatic carbocycles. The number of aromatic nitrogens is 4. The SMILES string of the molecule is CC(C)(C)OC(=O)NC1(c2cncnc2)CC1.O=C(NC1(c2cncnc2)CC1)C(F)(F)F. The van der Waals surface area contributed by atoms with E-state index in [4.69, 9.17) is 4.74 Å². The molecule has 0 radical (unpaired) electrons. The molecule has 2 aromatic heterocycles. The van der Waals surface area contributed by atoms with Crippen LogP contribution in [0.4, 0.5) is 18.0 Å². The summed E-state index contributed by atoms with van der Waals surface area (Å²) in [5.74, 6) is -1.92. The fourth-order valence-electron chi connectivity index (χ4n) is 3.10. The summed E-state index contributed by atoms with van der Waals surface area (Å²) in [7, 11) is 0. The lowest BCUT2D eigenvalue weighted by Crippen LogP contribution is -2.43. The molecule has 0 saturated heterocycles. The number of alkyl carbamates (subject to hydrolysis) is 1. The Hall–Kier alpha value is -3.31. The van der Waals surface area contributed by atoms with Crippen LogP contribution in [0.2, 0.25) is 0 Å². The second kappa shape index (κ2) is 8.91. The summed E-state index contributed by atoms with van der Waals surface area (Å²) in [5, 5.41) is 4.88. The minimum Gasteiger partial charge on any atom is -0.444 e. The van der Waals surface area contributed by atoms with E-state index in [1.807, 2.05) is 26.1 Å². The molecule has 0 bridgehead atoms. The first-order valence-electron chi connectivity index (χ1n) is 10.3. The highest BCUT2D eigenvalue weighted by molar-refractivity contribution is 5.83. The third kappa shape index (κ3) is 6.59. The number of nitrogens with zero attached hydrogens (tertiary/aromatic N) is 4. The maximum Gasteiger partial charge on any atom is 0.471 e. The zero-order chi connectivity index (χ0) is 24.3. The van der Waals surface area contributed by atoms with Crippen LogP contribution in [-0.2, 0) is 20.6 Å². The van der Waals surface area contributed by atoms with Gasteiger partial charge in [-0.3, -0.25) is 4.79 Å². The standard InChI is InChI=1S/C12H17N3O2.C9H8F3N3O/c1-11(2,3)17-10(16)15-12(4-5-12)9-6-13-8-14-7-9;10-9(11,12)7(16)15-8(1-2-8)6-3-13-5-14-4-6/h6-8H,4-5H2,1-3H3,(H,15,16);3-5H,1-2H2,(H,15,16). The Balaban J connectivity index is 0.000000186. The number of rotatable bonds is 4. The molecule has 178 valence electrons. The number of hydrogen-bond donors (Lipinski definition) is 2. The van der Waals surface area contributed by atoms with Crippen molar-refractivity contribution < 1.29 is 27.5 Å². The van der Waals surface area contributed by atoms with E-state index < -0.39 is 23.2 Å². The summed E-state index contributed by atoms with van der Waals surface area (Å²) in [6.45, 7) is 5.54. The van der Waals surface area contributed by atoms with Crippen LogP contribution in [0.25, 0.3) is 0 Å². The van der Waals surface area contributed by atoms with Gasteiger partial charge in [0.05, 0.1) is 11.1 Å². The van der Waals surface area contributed by atoms with Crippen LogP contribution < -0.4 is 10.6 Å². The predicted octanol–water partition coefficient (Wildman–Crippen LogP) is 3.13. The maximum absolute atomic E-state index is 12.1. The van der Waals surface area contributed by atoms with Crippen molar-refractivity contribution in [3.05, 3.63) is 48.6 Å². The number of carbonyl (C=O) groups is 2. The predicted molar refractivity (Wildman–Crippen MR) is 109 cm³/mol. The van der Waals surface area contributed by atoms with Crippen LogP contribution in [-0.4, -0.2) is 43.7 Å². The zero-order valence-electron chi connectivity index (χ0n) is 18.4. The lowest BCUT2D eigenvalue weighted by Gasteiger charge is -2.23. The first-order chi connectivity index (χ1) is 15.4. The van der Waals surface area contributed by atoms with E-state index in [1.54, 1.807) is 12.4 Å². The van der Waals surface area contributed by atoms with Crippen LogP contribution >= 0.6 is 0 Å². The van der Waals surface area contributed by atoms with Crippen molar-refractivity contribution in [2.24, 2.45) is 0 Å². The number of carbonyl (C=O) groups excluding carboxylic acids is 2. The van der Waals surface area contributed by atoms with Gasteiger partial charge in [0.15, 0.2) is 0 Å². The quantitative estimate of drug-likeness (QED) is 0.711. The van der Waals surface area contributed by atoms with E-state index in [0.29, 0.717) is 18.4 Å². The van der Waals surface area contributed by atoms with Crippen molar-refractivity contribution in [3.63, 3.8) is 0 Å². The number of hydrogen-bond acceptors (Lipinski definition) is 7. The van der Waals surface area contributed by atoms with E-state index in [2.05, 4.69) is 25.3 Å². The second-order valence-corrected chi connectivity index (χ2v) is 9.00. The smallest absolute Gasteiger partial charge is 0.444 e. The molecule has 0 atom stereocenters. The fraction of sp³-hybridized carbons (Fsp3) is 0.524. The molecular weight excluding hydrogens is 441 g/mol. The van der Waals surface area contributed by atoms with Gasteiger partial charge in [-0.25, -0.2) is 24.7 Å². The number of alkyl halides is 3. The van der Waals surface area contributed by atoms with Crippen molar-refractivity contribution in [2.75, 3.05) is 0 Å². The van der Waals surface area contributed by atoms with Gasteiger partial charge in [0.2, 0.25) is 0 Å². The Labute approximate surface area is 188 Å². The normalized spacial score (nSPS) is 17.6. The lowest BCUT2D eigenvalue weighted by molar-refractivity contribution is -0.174. The Morgan fingerprint density at radius 2 is 1.21 bits per heavy atom. The maximum atomic E-state index is 12.1. The molecule has 2 saturated carbocycles. The summed E-state index contributed by atoms with van der Waals surface area (Å²) < 4.78 is 41.5. The molecule has 2 amide bonds. The Morgan fingerprint density at radius 1 is 0.818 bits per heavy atom. The van der Waals surface area contributed by atoms with E-state index in [0.717, 1.165) is 18.4 Å². The van der Waals surface area contributed by atoms with Gasteiger partial charge in [-0.15, -0.1) is 0 Å². The van der Waals surface area contributed by atoms with Gasteiger partial charge in [-0.2, -0.15) is 13.2 Å².